The Balaban J connectivity index is 3.04. The van der Waals surface area contributed by atoms with Crippen LogP contribution in [0.5, 0.6) is 0 Å². The van der Waals surface area contributed by atoms with Gasteiger partial charge in [0.2, 0.25) is 0 Å². The number of hydrogen-bond donors (Lipinski definition) is 1. The molecule has 1 rings (SSSR count). The quantitative estimate of drug-likeness (QED) is 0.714. The minimum absolute atomic E-state index is 0.235. The van der Waals surface area contributed by atoms with Gasteiger partial charge in [-0.25, -0.2) is 4.21 Å². The summed E-state index contributed by atoms with van der Waals surface area (Å²) in [6.07, 6.45) is 0. The number of hydrogen-bond acceptors (Lipinski definition) is 1. The number of benzene rings is 1. The van der Waals surface area contributed by atoms with Gasteiger partial charge in [-0.05, 0) is 30.5 Å². The lowest BCUT2D eigenvalue weighted by atomic mass is 10.1. The van der Waals surface area contributed by atoms with Crippen LogP contribution >= 0.6 is 0 Å². The molecule has 0 fully saturated rings. The second kappa shape index (κ2) is 3.83. The Hall–Kier alpha value is -0.670. The average molecular weight is 184 g/mol. The summed E-state index contributed by atoms with van der Waals surface area (Å²) in [5.74, 6) is 0.235. The Morgan fingerprint density at radius 2 is 1.83 bits per heavy atom. The molecule has 0 saturated carbocycles. The molecule has 2 nitrogen and oxygen atoms in total. The van der Waals surface area contributed by atoms with Gasteiger partial charge in [-0.3, -0.25) is 0 Å². The maximum absolute atomic E-state index is 10.6. The van der Waals surface area contributed by atoms with Crippen LogP contribution in [-0.2, 0) is 16.8 Å². The SMILES string of the molecule is Cc1cccc(C)c1CS(=O)O. The topological polar surface area (TPSA) is 37.3 Å². The minimum Gasteiger partial charge on any atom is -0.306 e. The van der Waals surface area contributed by atoms with Crippen molar-refractivity contribution < 1.29 is 8.76 Å². The second-order valence-corrected chi connectivity index (χ2v) is 3.77. The van der Waals surface area contributed by atoms with E-state index in [-0.39, 0.29) is 5.75 Å². The first kappa shape index (κ1) is 9.42. The summed E-state index contributed by atoms with van der Waals surface area (Å²) < 4.78 is 19.3. The van der Waals surface area contributed by atoms with Crippen LogP contribution in [0, 0.1) is 13.8 Å². The van der Waals surface area contributed by atoms with Gasteiger partial charge in [0.05, 0.1) is 5.75 Å². The highest BCUT2D eigenvalue weighted by Gasteiger charge is 2.04. The van der Waals surface area contributed by atoms with E-state index in [9.17, 15) is 4.21 Å². The van der Waals surface area contributed by atoms with Crippen LogP contribution in [0.4, 0.5) is 0 Å². The molecule has 1 unspecified atom stereocenters. The van der Waals surface area contributed by atoms with Crippen LogP contribution in [-0.4, -0.2) is 8.76 Å². The van der Waals surface area contributed by atoms with Crippen molar-refractivity contribution in [2.75, 3.05) is 0 Å². The molecule has 0 aliphatic carbocycles. The smallest absolute Gasteiger partial charge is 0.157 e. The van der Waals surface area contributed by atoms with Gasteiger partial charge in [-0.2, -0.15) is 0 Å². The molecular formula is C9H12O2S. The molecule has 0 bridgehead atoms. The van der Waals surface area contributed by atoms with E-state index in [4.69, 9.17) is 4.55 Å². The second-order valence-electron chi connectivity index (χ2n) is 2.84. The fraction of sp³-hybridized carbons (Fsp3) is 0.333. The molecule has 1 aromatic carbocycles. The third-order valence-corrected chi connectivity index (χ3v) is 2.45. The summed E-state index contributed by atoms with van der Waals surface area (Å²) in [7, 11) is 0. The first-order chi connectivity index (χ1) is 5.61. The number of rotatable bonds is 2. The lowest BCUT2D eigenvalue weighted by Crippen LogP contribution is -1.98. The molecule has 0 saturated heterocycles. The zero-order valence-corrected chi connectivity index (χ0v) is 8.02. The van der Waals surface area contributed by atoms with Crippen LogP contribution in [0.25, 0.3) is 0 Å². The van der Waals surface area contributed by atoms with Gasteiger partial charge >= 0.3 is 0 Å². The Morgan fingerprint density at radius 1 is 1.33 bits per heavy atom. The van der Waals surface area contributed by atoms with E-state index in [0.717, 1.165) is 16.7 Å². The van der Waals surface area contributed by atoms with E-state index < -0.39 is 11.1 Å². The normalized spacial score (nSPS) is 12.9. The molecule has 12 heavy (non-hydrogen) atoms. The molecule has 0 amide bonds. The van der Waals surface area contributed by atoms with Crippen molar-refractivity contribution in [1.29, 1.82) is 0 Å². The highest BCUT2D eigenvalue weighted by Crippen LogP contribution is 2.14. The molecule has 0 aliphatic rings. The summed E-state index contributed by atoms with van der Waals surface area (Å²) in [4.78, 5) is 0. The third kappa shape index (κ3) is 2.16. The Labute approximate surface area is 74.9 Å². The van der Waals surface area contributed by atoms with Crippen LogP contribution in [0.15, 0.2) is 18.2 Å². The molecule has 0 spiro atoms. The first-order valence-corrected chi connectivity index (χ1v) is 5.01. The molecule has 0 aliphatic heterocycles. The molecule has 1 aromatic rings. The van der Waals surface area contributed by atoms with E-state index in [1.807, 2.05) is 32.0 Å². The third-order valence-electron chi connectivity index (χ3n) is 1.91. The van der Waals surface area contributed by atoms with Crippen LogP contribution < -0.4 is 0 Å². The highest BCUT2D eigenvalue weighted by molar-refractivity contribution is 7.78. The van der Waals surface area contributed by atoms with Gasteiger partial charge in [0.15, 0.2) is 11.1 Å². The molecule has 66 valence electrons. The zero-order valence-electron chi connectivity index (χ0n) is 7.20. The molecule has 0 heterocycles. The predicted molar refractivity (Wildman–Crippen MR) is 50.4 cm³/mol. The van der Waals surface area contributed by atoms with Crippen molar-refractivity contribution in [3.05, 3.63) is 34.9 Å². The molecule has 3 heteroatoms. The standard InChI is InChI=1S/C9H12O2S/c1-7-4-3-5-8(2)9(7)6-12(10)11/h3-5H,6H2,1-2H3,(H,10,11). The summed E-state index contributed by atoms with van der Waals surface area (Å²) in [6, 6.07) is 5.86. The molecule has 1 N–H and O–H groups in total. The van der Waals surface area contributed by atoms with Crippen molar-refractivity contribution in [2.45, 2.75) is 19.6 Å². The zero-order chi connectivity index (χ0) is 9.14. The fourth-order valence-electron chi connectivity index (χ4n) is 1.20. The van der Waals surface area contributed by atoms with E-state index in [1.165, 1.54) is 0 Å². The van der Waals surface area contributed by atoms with E-state index in [0.29, 0.717) is 0 Å². The average Bonchev–Trinajstić information content (AvgIpc) is 1.97. The van der Waals surface area contributed by atoms with Gasteiger partial charge in [0.1, 0.15) is 0 Å². The van der Waals surface area contributed by atoms with Gasteiger partial charge in [-0.1, -0.05) is 18.2 Å². The number of aryl methyl sites for hydroxylation is 2. The van der Waals surface area contributed by atoms with E-state index in [1.54, 1.807) is 0 Å². The molecule has 0 radical (unpaired) electrons. The molecule has 1 atom stereocenters. The summed E-state index contributed by atoms with van der Waals surface area (Å²) in [5, 5.41) is 0. The summed E-state index contributed by atoms with van der Waals surface area (Å²) in [5.41, 5.74) is 3.15. The largest absolute Gasteiger partial charge is 0.306 e. The maximum Gasteiger partial charge on any atom is 0.157 e. The summed E-state index contributed by atoms with van der Waals surface area (Å²) >= 11 is -1.74. The van der Waals surface area contributed by atoms with E-state index >= 15 is 0 Å². The van der Waals surface area contributed by atoms with Crippen LogP contribution in [0.1, 0.15) is 16.7 Å². The van der Waals surface area contributed by atoms with Crippen LogP contribution in [0.3, 0.4) is 0 Å². The minimum atomic E-state index is -1.74. The lowest BCUT2D eigenvalue weighted by molar-refractivity contribution is 0.563. The van der Waals surface area contributed by atoms with Crippen LogP contribution in [0.2, 0.25) is 0 Å². The van der Waals surface area contributed by atoms with E-state index in [2.05, 4.69) is 0 Å². The first-order valence-electron chi connectivity index (χ1n) is 3.74. The van der Waals surface area contributed by atoms with Crippen molar-refractivity contribution in [1.82, 2.24) is 0 Å². The molecular weight excluding hydrogens is 172 g/mol. The van der Waals surface area contributed by atoms with Crippen molar-refractivity contribution >= 4 is 11.1 Å². The Kier molecular flexibility index (Phi) is 3.00. The monoisotopic (exact) mass is 184 g/mol. The lowest BCUT2D eigenvalue weighted by Gasteiger charge is -2.06. The van der Waals surface area contributed by atoms with Gasteiger partial charge in [-0.15, -0.1) is 0 Å². The van der Waals surface area contributed by atoms with Crippen molar-refractivity contribution in [2.24, 2.45) is 0 Å². The van der Waals surface area contributed by atoms with Gasteiger partial charge in [0.25, 0.3) is 0 Å². The van der Waals surface area contributed by atoms with Gasteiger partial charge in [0, 0.05) is 0 Å². The highest BCUT2D eigenvalue weighted by atomic mass is 32.2. The summed E-state index contributed by atoms with van der Waals surface area (Å²) in [6.45, 7) is 3.91. The maximum atomic E-state index is 10.6. The predicted octanol–water partition coefficient (Wildman–Crippen LogP) is 2.03. The van der Waals surface area contributed by atoms with Crippen molar-refractivity contribution in [3.63, 3.8) is 0 Å². The Bertz CT molecular complexity index is 287. The van der Waals surface area contributed by atoms with Crippen molar-refractivity contribution in [3.8, 4) is 0 Å². The fourth-order valence-corrected chi connectivity index (χ4v) is 1.90. The molecule has 0 aromatic heterocycles. The van der Waals surface area contributed by atoms with Gasteiger partial charge < -0.3 is 4.55 Å². The Morgan fingerprint density at radius 3 is 2.25 bits per heavy atom.